The molecule has 0 aliphatic rings. The molecule has 0 saturated carbocycles. The van der Waals surface area contributed by atoms with E-state index in [0.29, 0.717) is 0 Å². The van der Waals surface area contributed by atoms with E-state index in [1.165, 1.54) is 16.7 Å². The second-order valence-electron chi connectivity index (χ2n) is 5.37. The molecule has 1 aromatic carbocycles. The third kappa shape index (κ3) is 6.17. The van der Waals surface area contributed by atoms with Crippen LogP contribution in [0.25, 0.3) is 0 Å². The molecule has 23 heavy (non-hydrogen) atoms. The fraction of sp³-hybridized carbons (Fsp3) is 0.333. The van der Waals surface area contributed by atoms with Crippen LogP contribution < -0.4 is 5.32 Å². The van der Waals surface area contributed by atoms with Gasteiger partial charge < -0.3 is 10.2 Å². The molecule has 1 aromatic heterocycles. The van der Waals surface area contributed by atoms with E-state index in [9.17, 15) is 0 Å². The van der Waals surface area contributed by atoms with Crippen LogP contribution in [0.2, 0.25) is 0 Å². The summed E-state index contributed by atoms with van der Waals surface area (Å²) >= 11 is 0. The maximum absolute atomic E-state index is 4.36. The van der Waals surface area contributed by atoms with Crippen molar-refractivity contribution in [2.75, 3.05) is 20.6 Å². The number of aryl methyl sites for hydroxylation is 1. The highest BCUT2D eigenvalue weighted by Gasteiger charge is 2.07. The predicted molar refractivity (Wildman–Crippen MR) is 107 cm³/mol. The zero-order chi connectivity index (χ0) is 15.8. The summed E-state index contributed by atoms with van der Waals surface area (Å²) in [5.41, 5.74) is 3.85. The molecule has 0 saturated heterocycles. The SMILES string of the molecule is CN=C(NCCc1cccnc1)N(C)Cc1ccccc1C.I. The minimum absolute atomic E-state index is 0. The number of nitrogens with zero attached hydrogens (tertiary/aromatic N) is 3. The Labute approximate surface area is 156 Å². The van der Waals surface area contributed by atoms with Crippen LogP contribution in [0, 0.1) is 6.92 Å². The van der Waals surface area contributed by atoms with Gasteiger partial charge in [0, 0.05) is 39.6 Å². The first-order valence-corrected chi connectivity index (χ1v) is 7.56. The van der Waals surface area contributed by atoms with Gasteiger partial charge >= 0.3 is 0 Å². The topological polar surface area (TPSA) is 40.5 Å². The molecule has 5 heteroatoms. The van der Waals surface area contributed by atoms with Gasteiger partial charge in [0.05, 0.1) is 0 Å². The second-order valence-corrected chi connectivity index (χ2v) is 5.37. The van der Waals surface area contributed by atoms with E-state index >= 15 is 0 Å². The third-order valence-corrected chi connectivity index (χ3v) is 3.66. The van der Waals surface area contributed by atoms with Crippen LogP contribution in [0.5, 0.6) is 0 Å². The largest absolute Gasteiger partial charge is 0.356 e. The van der Waals surface area contributed by atoms with Gasteiger partial charge in [-0.3, -0.25) is 9.98 Å². The standard InChI is InChI=1S/C18H24N4.HI/c1-15-7-4-5-9-17(15)14-22(3)18(19-2)21-12-10-16-8-6-11-20-13-16;/h4-9,11,13H,10,12,14H2,1-3H3,(H,19,21);1H. The van der Waals surface area contributed by atoms with Crippen molar-refractivity contribution in [3.63, 3.8) is 0 Å². The number of pyridine rings is 1. The first-order chi connectivity index (χ1) is 10.7. The number of benzene rings is 1. The van der Waals surface area contributed by atoms with Crippen molar-refractivity contribution >= 4 is 29.9 Å². The van der Waals surface area contributed by atoms with E-state index in [4.69, 9.17) is 0 Å². The average molecular weight is 424 g/mol. The lowest BCUT2D eigenvalue weighted by Gasteiger charge is -2.23. The molecule has 0 atom stereocenters. The molecule has 1 heterocycles. The zero-order valence-corrected chi connectivity index (χ0v) is 16.3. The summed E-state index contributed by atoms with van der Waals surface area (Å²) in [5, 5.41) is 3.41. The summed E-state index contributed by atoms with van der Waals surface area (Å²) in [6.45, 7) is 3.83. The minimum atomic E-state index is 0. The average Bonchev–Trinajstić information content (AvgIpc) is 2.54. The maximum Gasteiger partial charge on any atom is 0.193 e. The van der Waals surface area contributed by atoms with Gasteiger partial charge in [-0.1, -0.05) is 30.3 Å². The molecule has 0 spiro atoms. The summed E-state index contributed by atoms with van der Waals surface area (Å²) in [6.07, 6.45) is 4.64. The van der Waals surface area contributed by atoms with Crippen molar-refractivity contribution in [3.8, 4) is 0 Å². The molecule has 0 bridgehead atoms. The zero-order valence-electron chi connectivity index (χ0n) is 14.0. The van der Waals surface area contributed by atoms with Crippen LogP contribution in [0.1, 0.15) is 16.7 Å². The number of nitrogens with one attached hydrogen (secondary N) is 1. The molecule has 0 unspecified atom stereocenters. The van der Waals surface area contributed by atoms with Crippen LogP contribution in [0.4, 0.5) is 0 Å². The molecule has 0 aliphatic heterocycles. The van der Waals surface area contributed by atoms with Crippen LogP contribution in [-0.4, -0.2) is 36.5 Å². The van der Waals surface area contributed by atoms with Gasteiger partial charge in [-0.15, -0.1) is 24.0 Å². The normalized spacial score (nSPS) is 10.8. The van der Waals surface area contributed by atoms with Crippen molar-refractivity contribution in [2.45, 2.75) is 19.9 Å². The fourth-order valence-electron chi connectivity index (χ4n) is 2.37. The van der Waals surface area contributed by atoms with E-state index in [0.717, 1.165) is 25.5 Å². The van der Waals surface area contributed by atoms with Gasteiger partial charge in [-0.05, 0) is 36.1 Å². The van der Waals surface area contributed by atoms with Crippen molar-refractivity contribution < 1.29 is 0 Å². The highest BCUT2D eigenvalue weighted by Crippen LogP contribution is 2.09. The smallest absolute Gasteiger partial charge is 0.193 e. The van der Waals surface area contributed by atoms with Gasteiger partial charge in [0.15, 0.2) is 5.96 Å². The van der Waals surface area contributed by atoms with Gasteiger partial charge in [-0.25, -0.2) is 0 Å². The predicted octanol–water partition coefficient (Wildman–Crippen LogP) is 3.26. The molecule has 0 aliphatic carbocycles. The van der Waals surface area contributed by atoms with Crippen LogP contribution in [0.15, 0.2) is 53.8 Å². The summed E-state index contributed by atoms with van der Waals surface area (Å²) in [5.74, 6) is 0.909. The lowest BCUT2D eigenvalue weighted by molar-refractivity contribution is 0.476. The lowest BCUT2D eigenvalue weighted by atomic mass is 10.1. The van der Waals surface area contributed by atoms with E-state index < -0.39 is 0 Å². The Bertz CT molecular complexity index is 613. The highest BCUT2D eigenvalue weighted by molar-refractivity contribution is 14.0. The van der Waals surface area contributed by atoms with E-state index in [1.54, 1.807) is 6.20 Å². The number of aliphatic imine (C=N–C) groups is 1. The Kier molecular flexibility index (Phi) is 8.61. The Morgan fingerprint density at radius 1 is 1.22 bits per heavy atom. The van der Waals surface area contributed by atoms with Crippen molar-refractivity contribution in [1.82, 2.24) is 15.2 Å². The van der Waals surface area contributed by atoms with Gasteiger partial charge in [0.1, 0.15) is 0 Å². The van der Waals surface area contributed by atoms with Crippen LogP contribution in [0.3, 0.4) is 0 Å². The van der Waals surface area contributed by atoms with Gasteiger partial charge in [-0.2, -0.15) is 0 Å². The molecule has 4 nitrogen and oxygen atoms in total. The quantitative estimate of drug-likeness (QED) is 0.455. The lowest BCUT2D eigenvalue weighted by Crippen LogP contribution is -2.39. The second kappa shape index (κ2) is 10.2. The Morgan fingerprint density at radius 2 is 2.00 bits per heavy atom. The Hall–Kier alpha value is -1.63. The molecule has 0 amide bonds. The van der Waals surface area contributed by atoms with E-state index in [2.05, 4.69) is 64.5 Å². The van der Waals surface area contributed by atoms with E-state index in [-0.39, 0.29) is 24.0 Å². The molecule has 2 aromatic rings. The molecule has 0 fully saturated rings. The third-order valence-electron chi connectivity index (χ3n) is 3.66. The summed E-state index contributed by atoms with van der Waals surface area (Å²) < 4.78 is 0. The first kappa shape index (κ1) is 19.4. The maximum atomic E-state index is 4.36. The van der Waals surface area contributed by atoms with Crippen molar-refractivity contribution in [1.29, 1.82) is 0 Å². The minimum Gasteiger partial charge on any atom is -0.356 e. The molecule has 0 radical (unpaired) electrons. The summed E-state index contributed by atoms with van der Waals surface area (Å²) in [7, 11) is 3.88. The number of aromatic nitrogens is 1. The van der Waals surface area contributed by atoms with Gasteiger partial charge in [0.25, 0.3) is 0 Å². The highest BCUT2D eigenvalue weighted by atomic mass is 127. The first-order valence-electron chi connectivity index (χ1n) is 7.56. The molecule has 1 N–H and O–H groups in total. The van der Waals surface area contributed by atoms with Crippen LogP contribution >= 0.6 is 24.0 Å². The number of halogens is 1. The summed E-state index contributed by atoms with van der Waals surface area (Å²) in [4.78, 5) is 10.6. The Morgan fingerprint density at radius 3 is 2.65 bits per heavy atom. The van der Waals surface area contributed by atoms with Crippen molar-refractivity contribution in [3.05, 3.63) is 65.5 Å². The van der Waals surface area contributed by atoms with Gasteiger partial charge in [0.2, 0.25) is 0 Å². The van der Waals surface area contributed by atoms with E-state index in [1.807, 2.05) is 19.3 Å². The fourth-order valence-corrected chi connectivity index (χ4v) is 2.37. The molecule has 124 valence electrons. The number of hydrogen-bond donors (Lipinski definition) is 1. The number of rotatable bonds is 5. The molecular weight excluding hydrogens is 399 g/mol. The molecular formula is C18H25IN4. The summed E-state index contributed by atoms with van der Waals surface area (Å²) in [6, 6.07) is 12.5. The Balaban J connectivity index is 0.00000264. The number of hydrogen-bond acceptors (Lipinski definition) is 2. The monoisotopic (exact) mass is 424 g/mol. The molecule has 2 rings (SSSR count). The van der Waals surface area contributed by atoms with Crippen molar-refractivity contribution in [2.24, 2.45) is 4.99 Å². The number of guanidine groups is 1. The van der Waals surface area contributed by atoms with Crippen LogP contribution in [-0.2, 0) is 13.0 Å².